The summed E-state index contributed by atoms with van der Waals surface area (Å²) < 4.78 is 9.82. The van der Waals surface area contributed by atoms with Gasteiger partial charge in [0.15, 0.2) is 0 Å². The minimum absolute atomic E-state index is 0.196. The topological polar surface area (TPSA) is 48.1 Å². The van der Waals surface area contributed by atoms with Crippen molar-refractivity contribution in [3.8, 4) is 0 Å². The number of rotatable bonds is 4. The molecular weight excluding hydrogens is 302 g/mol. The Morgan fingerprint density at radius 2 is 2.21 bits per heavy atom. The van der Waals surface area contributed by atoms with Crippen molar-refractivity contribution in [2.24, 2.45) is 20.0 Å². The van der Waals surface area contributed by atoms with Gasteiger partial charge in [-0.1, -0.05) is 6.08 Å². The first-order valence-corrected chi connectivity index (χ1v) is 8.70. The smallest absolute Gasteiger partial charge is 0.0896 e. The number of hydrogen-bond acceptors (Lipinski definition) is 4. The molecule has 2 aromatic heterocycles. The van der Waals surface area contributed by atoms with Gasteiger partial charge in [0.05, 0.1) is 18.0 Å². The second-order valence-corrected chi connectivity index (χ2v) is 6.87. The van der Waals surface area contributed by atoms with Crippen LogP contribution in [-0.2, 0) is 18.8 Å². The molecule has 128 valence electrons. The summed E-state index contributed by atoms with van der Waals surface area (Å²) in [6, 6.07) is 2.10. The molecule has 4 heterocycles. The van der Waals surface area contributed by atoms with Gasteiger partial charge in [-0.15, -0.1) is 0 Å². The largest absolute Gasteiger partial charge is 0.373 e. The van der Waals surface area contributed by atoms with Crippen molar-refractivity contribution in [1.82, 2.24) is 24.5 Å². The first-order valence-electron chi connectivity index (χ1n) is 8.70. The molecule has 0 saturated carbocycles. The fourth-order valence-corrected chi connectivity index (χ4v) is 3.91. The Balaban J connectivity index is 1.40. The number of aromatic nitrogens is 4. The predicted molar refractivity (Wildman–Crippen MR) is 92.3 cm³/mol. The third-order valence-electron chi connectivity index (χ3n) is 5.20. The highest BCUT2D eigenvalue weighted by atomic mass is 16.5. The second-order valence-electron chi connectivity index (χ2n) is 6.87. The lowest BCUT2D eigenvalue weighted by atomic mass is 9.95. The molecule has 0 amide bonds. The van der Waals surface area contributed by atoms with Gasteiger partial charge >= 0.3 is 0 Å². The van der Waals surface area contributed by atoms with E-state index in [9.17, 15) is 0 Å². The van der Waals surface area contributed by atoms with E-state index in [1.54, 1.807) is 0 Å². The van der Waals surface area contributed by atoms with Gasteiger partial charge in [0.1, 0.15) is 0 Å². The van der Waals surface area contributed by atoms with Crippen LogP contribution in [0.1, 0.15) is 30.2 Å². The number of aryl methyl sites for hydroxylation is 2. The summed E-state index contributed by atoms with van der Waals surface area (Å²) in [5, 5.41) is 8.57. The van der Waals surface area contributed by atoms with Crippen LogP contribution in [0, 0.1) is 5.92 Å². The standard InChI is InChI=1S/C18H25N5O/c1-21-12-16(11-20-21)18-15(6-10-24-18)13-23-8-4-14(5-9-23)17-3-7-19-22(17)2/h3-4,7,11-12,15,18H,5-6,8-10,13H2,1-2H3/t15-,18+/m1/s1. The van der Waals surface area contributed by atoms with E-state index in [2.05, 4.69) is 33.4 Å². The van der Waals surface area contributed by atoms with Crippen molar-refractivity contribution in [3.05, 3.63) is 42.0 Å². The highest BCUT2D eigenvalue weighted by Gasteiger charge is 2.32. The SMILES string of the molecule is Cn1cc([C@H]2OCC[C@@H]2CN2CC=C(c3ccnn3C)CC2)cn1. The van der Waals surface area contributed by atoms with Crippen LogP contribution in [0.15, 0.2) is 30.7 Å². The van der Waals surface area contributed by atoms with Crippen LogP contribution in [0.2, 0.25) is 0 Å². The van der Waals surface area contributed by atoms with Crippen LogP contribution in [0.3, 0.4) is 0 Å². The fourth-order valence-electron chi connectivity index (χ4n) is 3.91. The van der Waals surface area contributed by atoms with E-state index in [0.717, 1.165) is 39.1 Å². The van der Waals surface area contributed by atoms with Crippen molar-refractivity contribution >= 4 is 5.57 Å². The molecule has 0 aromatic carbocycles. The minimum atomic E-state index is 0.196. The van der Waals surface area contributed by atoms with E-state index in [-0.39, 0.29) is 6.10 Å². The van der Waals surface area contributed by atoms with Crippen molar-refractivity contribution in [2.45, 2.75) is 18.9 Å². The molecule has 0 spiro atoms. The summed E-state index contributed by atoms with van der Waals surface area (Å²) in [5.41, 5.74) is 3.87. The first kappa shape index (κ1) is 15.6. The van der Waals surface area contributed by atoms with Crippen LogP contribution in [0.25, 0.3) is 5.57 Å². The zero-order valence-electron chi connectivity index (χ0n) is 14.4. The van der Waals surface area contributed by atoms with Crippen LogP contribution >= 0.6 is 0 Å². The lowest BCUT2D eigenvalue weighted by Crippen LogP contribution is -2.34. The molecule has 0 bridgehead atoms. The average Bonchev–Trinajstić information content (AvgIpc) is 3.30. The molecule has 2 atom stereocenters. The van der Waals surface area contributed by atoms with Crippen LogP contribution in [0.5, 0.6) is 0 Å². The Labute approximate surface area is 142 Å². The average molecular weight is 327 g/mol. The molecule has 6 nitrogen and oxygen atoms in total. The lowest BCUT2D eigenvalue weighted by molar-refractivity contribution is 0.0795. The molecule has 2 aromatic rings. The van der Waals surface area contributed by atoms with Crippen LogP contribution < -0.4 is 0 Å². The monoisotopic (exact) mass is 327 g/mol. The molecule has 2 aliphatic rings. The Hall–Kier alpha value is -1.92. The number of ether oxygens (including phenoxy) is 1. The van der Waals surface area contributed by atoms with Gasteiger partial charge in [0, 0.05) is 64.2 Å². The predicted octanol–water partition coefficient (Wildman–Crippen LogP) is 2.02. The van der Waals surface area contributed by atoms with Crippen LogP contribution in [0.4, 0.5) is 0 Å². The highest BCUT2D eigenvalue weighted by molar-refractivity contribution is 5.63. The lowest BCUT2D eigenvalue weighted by Gasteiger charge is -2.30. The summed E-state index contributed by atoms with van der Waals surface area (Å²) in [5.74, 6) is 0.556. The fraction of sp³-hybridized carbons (Fsp3) is 0.556. The summed E-state index contributed by atoms with van der Waals surface area (Å²) in [6.07, 6.45) is 10.7. The third-order valence-corrected chi connectivity index (χ3v) is 5.20. The Morgan fingerprint density at radius 1 is 1.29 bits per heavy atom. The van der Waals surface area contributed by atoms with E-state index in [1.807, 2.05) is 35.9 Å². The molecule has 1 fully saturated rings. The summed E-state index contributed by atoms with van der Waals surface area (Å²) in [6.45, 7) is 4.06. The van der Waals surface area contributed by atoms with Crippen molar-refractivity contribution in [3.63, 3.8) is 0 Å². The van der Waals surface area contributed by atoms with E-state index in [4.69, 9.17) is 4.74 Å². The second kappa shape index (κ2) is 6.53. The molecule has 2 aliphatic heterocycles. The molecule has 0 unspecified atom stereocenters. The molecule has 24 heavy (non-hydrogen) atoms. The first-order chi connectivity index (χ1) is 11.7. The van der Waals surface area contributed by atoms with Crippen LogP contribution in [-0.4, -0.2) is 50.7 Å². The zero-order valence-corrected chi connectivity index (χ0v) is 14.4. The van der Waals surface area contributed by atoms with E-state index >= 15 is 0 Å². The van der Waals surface area contributed by atoms with Gasteiger partial charge in [0.2, 0.25) is 0 Å². The van der Waals surface area contributed by atoms with E-state index in [0.29, 0.717) is 5.92 Å². The van der Waals surface area contributed by atoms with Crippen molar-refractivity contribution < 1.29 is 4.74 Å². The maximum absolute atomic E-state index is 6.00. The molecule has 0 N–H and O–H groups in total. The molecule has 6 heteroatoms. The normalized spacial score (nSPS) is 25.2. The van der Waals surface area contributed by atoms with E-state index < -0.39 is 0 Å². The quantitative estimate of drug-likeness (QED) is 0.862. The Kier molecular flexibility index (Phi) is 4.24. The number of nitrogens with zero attached hydrogens (tertiary/aromatic N) is 5. The Morgan fingerprint density at radius 3 is 2.88 bits per heavy atom. The Bertz CT molecular complexity index is 731. The maximum atomic E-state index is 6.00. The van der Waals surface area contributed by atoms with Crippen molar-refractivity contribution in [1.29, 1.82) is 0 Å². The molecule has 1 saturated heterocycles. The van der Waals surface area contributed by atoms with E-state index in [1.165, 1.54) is 16.8 Å². The summed E-state index contributed by atoms with van der Waals surface area (Å²) >= 11 is 0. The maximum Gasteiger partial charge on any atom is 0.0896 e. The van der Waals surface area contributed by atoms with Gasteiger partial charge in [-0.3, -0.25) is 14.3 Å². The third kappa shape index (κ3) is 3.03. The summed E-state index contributed by atoms with van der Waals surface area (Å²) in [7, 11) is 3.97. The zero-order chi connectivity index (χ0) is 16.5. The molecule has 4 rings (SSSR count). The van der Waals surface area contributed by atoms with Crippen molar-refractivity contribution in [2.75, 3.05) is 26.2 Å². The van der Waals surface area contributed by atoms with Gasteiger partial charge in [-0.2, -0.15) is 10.2 Å². The molecular formula is C18H25N5O. The van der Waals surface area contributed by atoms with Gasteiger partial charge < -0.3 is 4.74 Å². The molecule has 0 radical (unpaired) electrons. The highest BCUT2D eigenvalue weighted by Crippen LogP contribution is 2.35. The summed E-state index contributed by atoms with van der Waals surface area (Å²) in [4.78, 5) is 2.54. The number of hydrogen-bond donors (Lipinski definition) is 0. The van der Waals surface area contributed by atoms with Gasteiger partial charge in [0.25, 0.3) is 0 Å². The minimum Gasteiger partial charge on any atom is -0.373 e. The van der Waals surface area contributed by atoms with Gasteiger partial charge in [-0.25, -0.2) is 0 Å². The van der Waals surface area contributed by atoms with Gasteiger partial charge in [-0.05, 0) is 24.5 Å². The molecule has 0 aliphatic carbocycles.